The third-order valence-electron chi connectivity index (χ3n) is 4.60. The number of aromatic nitrogens is 1. The molecular weight excluding hydrogens is 424 g/mol. The normalized spacial score (nSPS) is 15.1. The van der Waals surface area contributed by atoms with Crippen LogP contribution in [0.15, 0.2) is 42.6 Å². The number of nitrogen functional groups attached to an aromatic ring is 1. The van der Waals surface area contributed by atoms with Crippen molar-refractivity contribution in [2.45, 2.75) is 26.0 Å². The summed E-state index contributed by atoms with van der Waals surface area (Å²) in [5.74, 6) is 0.203. The van der Waals surface area contributed by atoms with Gasteiger partial charge in [0.25, 0.3) is 0 Å². The SMILES string of the molecule is CCOC(=O)CN1C(=O)OC[C@@H]1Cc1ccc(OCc2ccc(C(=N)N)cn2)cc1.Cl. The fourth-order valence-corrected chi connectivity index (χ4v) is 3.02. The Bertz CT molecular complexity index is 905. The Morgan fingerprint density at radius 2 is 2.03 bits per heavy atom. The molecule has 1 fully saturated rings. The number of amidine groups is 1. The van der Waals surface area contributed by atoms with Gasteiger partial charge in [0.2, 0.25) is 0 Å². The molecule has 31 heavy (non-hydrogen) atoms. The highest BCUT2D eigenvalue weighted by Crippen LogP contribution is 2.20. The maximum absolute atomic E-state index is 11.9. The molecule has 0 radical (unpaired) electrons. The quantitative estimate of drug-likeness (QED) is 0.342. The number of benzene rings is 1. The zero-order valence-electron chi connectivity index (χ0n) is 17.1. The Morgan fingerprint density at radius 3 is 2.65 bits per heavy atom. The summed E-state index contributed by atoms with van der Waals surface area (Å²) in [4.78, 5) is 29.2. The summed E-state index contributed by atoms with van der Waals surface area (Å²) in [5, 5.41) is 7.37. The number of hydrogen-bond donors (Lipinski definition) is 2. The second-order valence-corrected chi connectivity index (χ2v) is 6.75. The maximum atomic E-state index is 11.9. The Morgan fingerprint density at radius 1 is 1.29 bits per heavy atom. The molecule has 0 bridgehead atoms. The van der Waals surface area contributed by atoms with E-state index >= 15 is 0 Å². The zero-order chi connectivity index (χ0) is 21.5. The second kappa shape index (κ2) is 11.2. The molecule has 2 aromatic rings. The smallest absolute Gasteiger partial charge is 0.410 e. The Labute approximate surface area is 186 Å². The molecule has 166 valence electrons. The fourth-order valence-electron chi connectivity index (χ4n) is 3.02. The average molecular weight is 449 g/mol. The molecule has 1 aromatic heterocycles. The molecule has 10 heteroatoms. The van der Waals surface area contributed by atoms with Gasteiger partial charge in [-0.3, -0.25) is 20.1 Å². The number of nitrogens with one attached hydrogen (secondary N) is 1. The van der Waals surface area contributed by atoms with E-state index in [2.05, 4.69) is 4.98 Å². The zero-order valence-corrected chi connectivity index (χ0v) is 17.9. The summed E-state index contributed by atoms with van der Waals surface area (Å²) in [6, 6.07) is 10.8. The van der Waals surface area contributed by atoms with Gasteiger partial charge >= 0.3 is 12.1 Å². The van der Waals surface area contributed by atoms with Crippen molar-refractivity contribution in [1.29, 1.82) is 5.41 Å². The minimum Gasteiger partial charge on any atom is -0.487 e. The van der Waals surface area contributed by atoms with Crippen molar-refractivity contribution in [3.05, 3.63) is 59.4 Å². The summed E-state index contributed by atoms with van der Waals surface area (Å²) in [5.41, 5.74) is 7.69. The number of halogens is 1. The van der Waals surface area contributed by atoms with Crippen LogP contribution in [0.5, 0.6) is 5.75 Å². The van der Waals surface area contributed by atoms with E-state index in [4.69, 9.17) is 25.4 Å². The lowest BCUT2D eigenvalue weighted by Crippen LogP contribution is -2.39. The van der Waals surface area contributed by atoms with Crippen LogP contribution in [0.25, 0.3) is 0 Å². The molecule has 1 aliphatic rings. The first-order chi connectivity index (χ1) is 14.5. The summed E-state index contributed by atoms with van der Waals surface area (Å²) < 4.78 is 15.7. The van der Waals surface area contributed by atoms with Gasteiger partial charge in [-0.15, -0.1) is 12.4 Å². The molecule has 1 aliphatic heterocycles. The van der Waals surface area contributed by atoms with Gasteiger partial charge in [0.1, 0.15) is 31.3 Å². The molecule has 9 nitrogen and oxygen atoms in total. The van der Waals surface area contributed by atoms with E-state index in [0.717, 1.165) is 11.3 Å². The molecule has 0 aliphatic carbocycles. The Kier molecular flexibility index (Phi) is 8.63. The number of carbonyl (C=O) groups is 2. The molecule has 3 rings (SSSR count). The van der Waals surface area contributed by atoms with Crippen LogP contribution in [-0.4, -0.2) is 53.6 Å². The van der Waals surface area contributed by atoms with Gasteiger partial charge < -0.3 is 19.9 Å². The van der Waals surface area contributed by atoms with E-state index < -0.39 is 12.1 Å². The van der Waals surface area contributed by atoms with Gasteiger partial charge in [-0.1, -0.05) is 12.1 Å². The second-order valence-electron chi connectivity index (χ2n) is 6.75. The Hall–Kier alpha value is -3.33. The van der Waals surface area contributed by atoms with Gasteiger partial charge in [0, 0.05) is 11.8 Å². The maximum Gasteiger partial charge on any atom is 0.410 e. The van der Waals surface area contributed by atoms with E-state index in [1.54, 1.807) is 19.1 Å². The first-order valence-electron chi connectivity index (χ1n) is 9.56. The highest BCUT2D eigenvalue weighted by atomic mass is 35.5. The molecule has 1 saturated heterocycles. The number of pyridine rings is 1. The van der Waals surface area contributed by atoms with Crippen molar-refractivity contribution in [1.82, 2.24) is 9.88 Å². The third-order valence-corrected chi connectivity index (χ3v) is 4.60. The molecule has 0 unspecified atom stereocenters. The summed E-state index contributed by atoms with van der Waals surface area (Å²) in [6.45, 7) is 2.39. The predicted octanol–water partition coefficient (Wildman–Crippen LogP) is 2.29. The summed E-state index contributed by atoms with van der Waals surface area (Å²) in [7, 11) is 0. The first-order valence-corrected chi connectivity index (χ1v) is 9.56. The number of carbonyl (C=O) groups excluding carboxylic acids is 2. The Balaban J connectivity index is 0.00000341. The minimum atomic E-state index is -0.503. The summed E-state index contributed by atoms with van der Waals surface area (Å²) >= 11 is 0. The van der Waals surface area contributed by atoms with Gasteiger partial charge in [-0.2, -0.15) is 0 Å². The average Bonchev–Trinajstić information content (AvgIpc) is 3.07. The third kappa shape index (κ3) is 6.58. The number of nitrogens with two attached hydrogens (primary N) is 1. The topological polar surface area (TPSA) is 128 Å². The number of amides is 1. The van der Waals surface area contributed by atoms with Gasteiger partial charge in [-0.05, 0) is 43.2 Å². The first kappa shape index (κ1) is 23.9. The number of rotatable bonds is 9. The van der Waals surface area contributed by atoms with Crippen molar-refractivity contribution >= 4 is 30.3 Å². The molecule has 0 spiro atoms. The lowest BCUT2D eigenvalue weighted by atomic mass is 10.1. The van der Waals surface area contributed by atoms with Crippen LogP contribution in [-0.2, 0) is 27.3 Å². The standard InChI is InChI=1S/C21H24N4O5.ClH/c1-2-28-19(26)11-25-17(13-30-21(25)27)9-14-3-7-18(8-4-14)29-12-16-6-5-15(10-24-16)20(22)23;/h3-8,10,17H,2,9,11-13H2,1H3,(H3,22,23);1H/t17-;/m0./s1. The fraction of sp³-hybridized carbons (Fsp3) is 0.333. The number of hydrogen-bond acceptors (Lipinski definition) is 7. The van der Waals surface area contributed by atoms with Crippen LogP contribution in [0, 0.1) is 5.41 Å². The number of ether oxygens (including phenoxy) is 3. The van der Waals surface area contributed by atoms with Crippen LogP contribution in [0.4, 0.5) is 4.79 Å². The highest BCUT2D eigenvalue weighted by molar-refractivity contribution is 5.94. The van der Waals surface area contributed by atoms with E-state index in [-0.39, 0.29) is 50.6 Å². The summed E-state index contributed by atoms with van der Waals surface area (Å²) in [6.07, 6.45) is 1.59. The number of esters is 1. The van der Waals surface area contributed by atoms with E-state index in [9.17, 15) is 9.59 Å². The predicted molar refractivity (Wildman–Crippen MR) is 115 cm³/mol. The molecule has 1 atom stereocenters. The molecule has 3 N–H and O–H groups in total. The molecule has 1 amide bonds. The molecular formula is C21H25ClN4O5. The van der Waals surface area contributed by atoms with E-state index in [1.807, 2.05) is 24.3 Å². The molecule has 1 aromatic carbocycles. The van der Waals surface area contributed by atoms with Crippen molar-refractivity contribution in [3.63, 3.8) is 0 Å². The van der Waals surface area contributed by atoms with Gasteiger partial charge in [-0.25, -0.2) is 4.79 Å². The number of cyclic esters (lactones) is 1. The van der Waals surface area contributed by atoms with E-state index in [1.165, 1.54) is 11.1 Å². The van der Waals surface area contributed by atoms with Crippen LogP contribution < -0.4 is 10.5 Å². The molecule has 2 heterocycles. The largest absolute Gasteiger partial charge is 0.487 e. The van der Waals surface area contributed by atoms with Crippen LogP contribution in [0.2, 0.25) is 0 Å². The van der Waals surface area contributed by atoms with Crippen LogP contribution in [0.1, 0.15) is 23.7 Å². The molecule has 0 saturated carbocycles. The number of nitrogens with zero attached hydrogens (tertiary/aromatic N) is 2. The van der Waals surface area contributed by atoms with Gasteiger partial charge in [0.15, 0.2) is 0 Å². The highest BCUT2D eigenvalue weighted by Gasteiger charge is 2.34. The minimum absolute atomic E-state index is 0. The van der Waals surface area contributed by atoms with Crippen LogP contribution in [0.3, 0.4) is 0 Å². The van der Waals surface area contributed by atoms with Crippen molar-refractivity contribution in [2.75, 3.05) is 19.8 Å². The lowest BCUT2D eigenvalue weighted by Gasteiger charge is -2.20. The van der Waals surface area contributed by atoms with Crippen molar-refractivity contribution < 1.29 is 23.8 Å². The lowest BCUT2D eigenvalue weighted by molar-refractivity contribution is -0.144. The van der Waals surface area contributed by atoms with Crippen molar-refractivity contribution in [2.24, 2.45) is 5.73 Å². The van der Waals surface area contributed by atoms with Gasteiger partial charge in [0.05, 0.1) is 18.3 Å². The van der Waals surface area contributed by atoms with E-state index in [0.29, 0.717) is 17.7 Å². The van der Waals surface area contributed by atoms with Crippen LogP contribution >= 0.6 is 12.4 Å². The van der Waals surface area contributed by atoms with Crippen molar-refractivity contribution in [3.8, 4) is 5.75 Å². The monoisotopic (exact) mass is 448 g/mol.